The number of nitrogens with two attached hydrogens (primary N) is 1. The lowest BCUT2D eigenvalue weighted by Gasteiger charge is -2.05. The molecule has 0 radical (unpaired) electrons. The third-order valence-corrected chi connectivity index (χ3v) is 2.34. The minimum absolute atomic E-state index is 0.507. The Balaban J connectivity index is 2.31. The van der Waals surface area contributed by atoms with E-state index in [9.17, 15) is 0 Å². The highest BCUT2D eigenvalue weighted by Crippen LogP contribution is 2.19. The van der Waals surface area contributed by atoms with Gasteiger partial charge in [0.25, 0.3) is 0 Å². The largest absolute Gasteiger partial charge is 0.330 e. The van der Waals surface area contributed by atoms with Gasteiger partial charge in [0, 0.05) is 5.25 Å². The van der Waals surface area contributed by atoms with Gasteiger partial charge in [0.15, 0.2) is 5.16 Å². The van der Waals surface area contributed by atoms with E-state index in [1.807, 2.05) is 0 Å². The third kappa shape index (κ3) is 2.90. The molecule has 1 unspecified atom stereocenters. The molecule has 0 aliphatic carbocycles. The zero-order chi connectivity index (χ0) is 8.10. The van der Waals surface area contributed by atoms with Crippen LogP contribution in [0.15, 0.2) is 11.5 Å². The van der Waals surface area contributed by atoms with Gasteiger partial charge in [-0.15, -0.1) is 0 Å². The first-order valence-electron chi connectivity index (χ1n) is 3.55. The summed E-state index contributed by atoms with van der Waals surface area (Å²) in [5, 5.41) is 7.91. The van der Waals surface area contributed by atoms with E-state index >= 15 is 0 Å². The Kier molecular flexibility index (Phi) is 3.38. The monoisotopic (exact) mass is 172 g/mol. The van der Waals surface area contributed by atoms with Gasteiger partial charge in [-0.3, -0.25) is 5.10 Å². The van der Waals surface area contributed by atoms with Crippen molar-refractivity contribution in [3.05, 3.63) is 6.33 Å². The van der Waals surface area contributed by atoms with Crippen molar-refractivity contribution in [1.82, 2.24) is 15.2 Å². The lowest BCUT2D eigenvalue weighted by atomic mass is 10.3. The summed E-state index contributed by atoms with van der Waals surface area (Å²) in [6.45, 7) is 2.85. The van der Waals surface area contributed by atoms with Gasteiger partial charge in [0.05, 0.1) is 0 Å². The Morgan fingerprint density at radius 3 is 3.18 bits per heavy atom. The minimum atomic E-state index is 0.507. The predicted molar refractivity (Wildman–Crippen MR) is 45.4 cm³/mol. The summed E-state index contributed by atoms with van der Waals surface area (Å²) in [4.78, 5) is 3.99. The molecule has 0 saturated carbocycles. The van der Waals surface area contributed by atoms with Gasteiger partial charge in [-0.05, 0) is 13.0 Å². The van der Waals surface area contributed by atoms with Crippen LogP contribution in [0.3, 0.4) is 0 Å². The van der Waals surface area contributed by atoms with Crippen LogP contribution >= 0.6 is 11.8 Å². The molecule has 0 saturated heterocycles. The standard InChI is InChI=1S/C6H12N4S/c1-5(2-3-7)11-6-8-4-9-10-6/h4-5H,2-3,7H2,1H3,(H,8,9,10). The summed E-state index contributed by atoms with van der Waals surface area (Å²) in [6.07, 6.45) is 2.52. The Hall–Kier alpha value is -0.550. The molecular formula is C6H12N4S. The Morgan fingerprint density at radius 1 is 1.82 bits per heavy atom. The van der Waals surface area contributed by atoms with Gasteiger partial charge in [-0.1, -0.05) is 18.7 Å². The Bertz CT molecular complexity index is 186. The first-order chi connectivity index (χ1) is 5.33. The van der Waals surface area contributed by atoms with E-state index in [1.165, 1.54) is 6.33 Å². The highest BCUT2D eigenvalue weighted by Gasteiger charge is 2.04. The second-order valence-electron chi connectivity index (χ2n) is 2.30. The number of rotatable bonds is 4. The van der Waals surface area contributed by atoms with Crippen LogP contribution in [0.4, 0.5) is 0 Å². The van der Waals surface area contributed by atoms with Crippen molar-refractivity contribution in [1.29, 1.82) is 0 Å². The fourth-order valence-corrected chi connectivity index (χ4v) is 1.58. The average Bonchev–Trinajstić information content (AvgIpc) is 2.40. The molecule has 3 N–H and O–H groups in total. The van der Waals surface area contributed by atoms with E-state index in [0.29, 0.717) is 5.25 Å². The lowest BCUT2D eigenvalue weighted by molar-refractivity contribution is 0.817. The van der Waals surface area contributed by atoms with Gasteiger partial charge in [-0.25, -0.2) is 4.98 Å². The number of H-pyrrole nitrogens is 1. The maximum Gasteiger partial charge on any atom is 0.183 e. The normalized spacial score (nSPS) is 13.3. The second-order valence-corrected chi connectivity index (χ2v) is 3.72. The van der Waals surface area contributed by atoms with Crippen LogP contribution in [0.5, 0.6) is 0 Å². The second kappa shape index (κ2) is 4.35. The maximum absolute atomic E-state index is 5.40. The molecule has 1 aromatic rings. The number of nitrogens with zero attached hydrogens (tertiary/aromatic N) is 2. The number of aromatic amines is 1. The van der Waals surface area contributed by atoms with Crippen molar-refractivity contribution in [3.8, 4) is 0 Å². The summed E-state index contributed by atoms with van der Waals surface area (Å²) in [7, 11) is 0. The summed E-state index contributed by atoms with van der Waals surface area (Å²) in [6, 6.07) is 0. The zero-order valence-corrected chi connectivity index (χ0v) is 7.27. The van der Waals surface area contributed by atoms with Gasteiger partial charge in [-0.2, -0.15) is 5.10 Å². The molecule has 0 bridgehead atoms. The van der Waals surface area contributed by atoms with E-state index in [-0.39, 0.29) is 0 Å². The van der Waals surface area contributed by atoms with Crippen LogP contribution in [0, 0.1) is 0 Å². The van der Waals surface area contributed by atoms with Gasteiger partial charge in [0.2, 0.25) is 0 Å². The molecule has 1 aromatic heterocycles. The molecule has 0 aliphatic rings. The van der Waals surface area contributed by atoms with Crippen LogP contribution in [0.25, 0.3) is 0 Å². The van der Waals surface area contributed by atoms with E-state index < -0.39 is 0 Å². The number of hydrogen-bond donors (Lipinski definition) is 2. The first-order valence-corrected chi connectivity index (χ1v) is 4.43. The maximum atomic E-state index is 5.40. The first kappa shape index (κ1) is 8.55. The van der Waals surface area contributed by atoms with Crippen molar-refractivity contribution in [2.24, 2.45) is 5.73 Å². The fraction of sp³-hybridized carbons (Fsp3) is 0.667. The van der Waals surface area contributed by atoms with Crippen LogP contribution in [-0.2, 0) is 0 Å². The average molecular weight is 172 g/mol. The van der Waals surface area contributed by atoms with E-state index in [1.54, 1.807) is 11.8 Å². The van der Waals surface area contributed by atoms with Gasteiger partial charge < -0.3 is 5.73 Å². The summed E-state index contributed by atoms with van der Waals surface area (Å²) >= 11 is 1.67. The minimum Gasteiger partial charge on any atom is -0.330 e. The van der Waals surface area contributed by atoms with Gasteiger partial charge in [0.1, 0.15) is 6.33 Å². The molecular weight excluding hydrogens is 160 g/mol. The molecule has 0 aliphatic heterocycles. The zero-order valence-electron chi connectivity index (χ0n) is 6.45. The molecule has 11 heavy (non-hydrogen) atoms. The third-order valence-electron chi connectivity index (χ3n) is 1.28. The van der Waals surface area contributed by atoms with Crippen molar-refractivity contribution >= 4 is 11.8 Å². The Labute approximate surface area is 70.0 Å². The molecule has 0 fully saturated rings. The van der Waals surface area contributed by atoms with Crippen molar-refractivity contribution in [2.75, 3.05) is 6.54 Å². The van der Waals surface area contributed by atoms with Crippen LogP contribution in [0.2, 0.25) is 0 Å². The summed E-state index contributed by atoms with van der Waals surface area (Å²) in [5.74, 6) is 0. The number of thioether (sulfide) groups is 1. The fourth-order valence-electron chi connectivity index (χ4n) is 0.735. The molecule has 0 amide bonds. The van der Waals surface area contributed by atoms with Crippen molar-refractivity contribution in [3.63, 3.8) is 0 Å². The van der Waals surface area contributed by atoms with Crippen molar-refractivity contribution in [2.45, 2.75) is 23.8 Å². The summed E-state index contributed by atoms with van der Waals surface area (Å²) < 4.78 is 0. The molecule has 0 spiro atoms. The molecule has 0 aromatic carbocycles. The lowest BCUT2D eigenvalue weighted by Crippen LogP contribution is -2.06. The molecule has 4 nitrogen and oxygen atoms in total. The van der Waals surface area contributed by atoms with Crippen molar-refractivity contribution < 1.29 is 0 Å². The quantitative estimate of drug-likeness (QED) is 0.654. The van der Waals surface area contributed by atoms with Crippen LogP contribution in [0.1, 0.15) is 13.3 Å². The van der Waals surface area contributed by atoms with E-state index in [2.05, 4.69) is 22.1 Å². The van der Waals surface area contributed by atoms with Crippen LogP contribution < -0.4 is 5.73 Å². The summed E-state index contributed by atoms with van der Waals surface area (Å²) in [5.41, 5.74) is 5.40. The van der Waals surface area contributed by atoms with E-state index in [0.717, 1.165) is 18.1 Å². The SMILES string of the molecule is CC(CCN)Sc1ncn[nH]1. The number of aromatic nitrogens is 3. The predicted octanol–water partition coefficient (Wildman–Crippen LogP) is 0.634. The molecule has 1 rings (SSSR count). The number of hydrogen-bond acceptors (Lipinski definition) is 4. The topological polar surface area (TPSA) is 67.6 Å². The van der Waals surface area contributed by atoms with E-state index in [4.69, 9.17) is 5.73 Å². The highest BCUT2D eigenvalue weighted by atomic mass is 32.2. The molecule has 1 heterocycles. The molecule has 1 atom stereocenters. The van der Waals surface area contributed by atoms with Gasteiger partial charge >= 0.3 is 0 Å². The number of nitrogens with one attached hydrogen (secondary N) is 1. The molecule has 5 heteroatoms. The van der Waals surface area contributed by atoms with Crippen LogP contribution in [-0.4, -0.2) is 27.0 Å². The molecule has 62 valence electrons. The Morgan fingerprint density at radius 2 is 2.64 bits per heavy atom. The smallest absolute Gasteiger partial charge is 0.183 e. The highest BCUT2D eigenvalue weighted by molar-refractivity contribution is 7.99.